The number of phosphoric ester groups is 1. The molecule has 0 amide bonds. The zero-order chi connectivity index (χ0) is 12.8. The Morgan fingerprint density at radius 2 is 1.94 bits per heavy atom. The molecular formula is C8H20NO6P. The second-order valence-corrected chi connectivity index (χ2v) is 5.84. The van der Waals surface area contributed by atoms with Crippen LogP contribution in [-0.4, -0.2) is 68.3 Å². The molecule has 16 heavy (non-hydrogen) atoms. The molecule has 2 unspecified atom stereocenters. The molecule has 0 saturated heterocycles. The van der Waals surface area contributed by atoms with E-state index in [4.69, 9.17) is 10.2 Å². The fourth-order valence-corrected chi connectivity index (χ4v) is 1.43. The minimum absolute atomic E-state index is 0.0134. The highest BCUT2D eigenvalue weighted by Crippen LogP contribution is 2.38. The van der Waals surface area contributed by atoms with Crippen LogP contribution in [0.5, 0.6) is 0 Å². The lowest BCUT2D eigenvalue weighted by atomic mass is 10.4. The molecule has 0 heterocycles. The average molecular weight is 263 g/mol. The average Bonchev–Trinajstić information content (AvgIpc) is 2.12. The summed E-state index contributed by atoms with van der Waals surface area (Å²) in [5.41, 5.74) is 0. The summed E-state index contributed by atoms with van der Waals surface area (Å²) in [7, 11) is 1.32. The first kappa shape index (κ1) is 16.0. The first-order valence-corrected chi connectivity index (χ1v) is 6.32. The molecule has 0 aromatic rings. The van der Waals surface area contributed by atoms with E-state index in [9.17, 15) is 9.46 Å². The molecule has 2 atom stereocenters. The molecule has 2 N–H and O–H groups in total. The number of hydrogen-bond acceptors (Lipinski definition) is 6. The number of aliphatic hydroxyl groups excluding tert-OH is 2. The quantitative estimate of drug-likeness (QED) is 0.410. The molecule has 0 aromatic carbocycles. The summed E-state index contributed by atoms with van der Waals surface area (Å²) in [6, 6.07) is 0. The molecular weight excluding hydrogens is 243 g/mol. The third-order valence-electron chi connectivity index (χ3n) is 1.65. The Morgan fingerprint density at radius 1 is 1.38 bits per heavy atom. The molecule has 0 radical (unpaired) electrons. The zero-order valence-electron chi connectivity index (χ0n) is 9.83. The molecule has 98 valence electrons. The van der Waals surface area contributed by atoms with Gasteiger partial charge in [0.25, 0.3) is 7.82 Å². The van der Waals surface area contributed by atoms with E-state index in [1.165, 1.54) is 0 Å². The van der Waals surface area contributed by atoms with Crippen LogP contribution < -0.4 is 4.89 Å². The van der Waals surface area contributed by atoms with E-state index in [2.05, 4.69) is 9.05 Å². The minimum atomic E-state index is -4.38. The van der Waals surface area contributed by atoms with Crippen molar-refractivity contribution in [3.05, 3.63) is 0 Å². The summed E-state index contributed by atoms with van der Waals surface area (Å²) in [4.78, 5) is 11.1. The molecule has 0 aromatic heterocycles. The maximum absolute atomic E-state index is 11.1. The Balaban J connectivity index is 3.83. The van der Waals surface area contributed by atoms with E-state index in [1.54, 1.807) is 0 Å². The van der Waals surface area contributed by atoms with Crippen LogP contribution in [0.25, 0.3) is 0 Å². The van der Waals surface area contributed by atoms with E-state index in [-0.39, 0.29) is 6.61 Å². The smallest absolute Gasteiger partial charge is 0.268 e. The van der Waals surface area contributed by atoms with Crippen molar-refractivity contribution in [2.24, 2.45) is 0 Å². The van der Waals surface area contributed by atoms with Crippen LogP contribution >= 0.6 is 7.82 Å². The van der Waals surface area contributed by atoms with Crippen LogP contribution in [-0.2, 0) is 13.6 Å². The molecule has 0 rings (SSSR count). The zero-order valence-corrected chi connectivity index (χ0v) is 10.7. The maximum Gasteiger partial charge on any atom is 0.268 e. The second kappa shape index (κ2) is 6.66. The van der Waals surface area contributed by atoms with Crippen LogP contribution in [0.15, 0.2) is 0 Å². The topological polar surface area (TPSA) is 99.1 Å². The van der Waals surface area contributed by atoms with Gasteiger partial charge in [-0.3, -0.25) is 4.57 Å². The fraction of sp³-hybridized carbons (Fsp3) is 1.00. The molecule has 0 aliphatic heterocycles. The monoisotopic (exact) mass is 263 g/mol. The lowest BCUT2D eigenvalue weighted by Crippen LogP contribution is -2.37. The Kier molecular flexibility index (Phi) is 6.65. The summed E-state index contributed by atoms with van der Waals surface area (Å²) in [5, 5.41) is 17.3. The van der Waals surface area contributed by atoms with Gasteiger partial charge < -0.3 is 28.6 Å². The lowest BCUT2D eigenvalue weighted by Gasteiger charge is -2.27. The third kappa shape index (κ3) is 9.23. The predicted octanol–water partition coefficient (Wildman–Crippen LogP) is -1.45. The highest BCUT2D eigenvalue weighted by atomic mass is 31.2. The highest BCUT2D eigenvalue weighted by Gasteiger charge is 2.14. The molecule has 7 nitrogen and oxygen atoms in total. The number of nitrogens with zero attached hydrogens (tertiary/aromatic N) is 1. The number of aliphatic hydroxyl groups is 2. The first-order valence-electron chi connectivity index (χ1n) is 4.86. The third-order valence-corrected chi connectivity index (χ3v) is 2.61. The second-order valence-electron chi connectivity index (χ2n) is 4.43. The van der Waals surface area contributed by atoms with Gasteiger partial charge in [0.2, 0.25) is 0 Å². The van der Waals surface area contributed by atoms with E-state index in [1.807, 2.05) is 21.1 Å². The maximum atomic E-state index is 11.1. The Morgan fingerprint density at radius 3 is 2.38 bits per heavy atom. The van der Waals surface area contributed by atoms with Crippen molar-refractivity contribution in [2.75, 3.05) is 47.5 Å². The van der Waals surface area contributed by atoms with Gasteiger partial charge in [-0.05, 0) is 0 Å². The van der Waals surface area contributed by atoms with Crippen LogP contribution in [0.2, 0.25) is 0 Å². The van der Waals surface area contributed by atoms with Crippen LogP contribution in [0.4, 0.5) is 0 Å². The normalized spacial score (nSPS) is 18.1. The largest absolute Gasteiger partial charge is 0.756 e. The SMILES string of the molecule is C[N+](C)(C)CC[17O]P(=[17O])([17O-])[17O]CC([17OH])C[17OH]. The van der Waals surface area contributed by atoms with Crippen molar-refractivity contribution in [1.29, 1.82) is 0 Å². The van der Waals surface area contributed by atoms with Crippen molar-refractivity contribution in [3.63, 3.8) is 0 Å². The van der Waals surface area contributed by atoms with Gasteiger partial charge in [-0.2, -0.15) is 0 Å². The van der Waals surface area contributed by atoms with Gasteiger partial charge in [0.15, 0.2) is 0 Å². The van der Waals surface area contributed by atoms with Gasteiger partial charge >= 0.3 is 0 Å². The molecule has 0 spiro atoms. The van der Waals surface area contributed by atoms with Crippen molar-refractivity contribution in [1.82, 2.24) is 0 Å². The standard InChI is InChI=1S/C8H20NO6P/c1-9(2,3)4-5-14-16(12,13)15-7-8(11)6-10/h8,10-11H,4-7H2,1-3H3/i10+1,11+1,12+1,13+1,14+1,15+1. The number of quaternary nitrogens is 1. The van der Waals surface area contributed by atoms with Crippen LogP contribution in [0.1, 0.15) is 0 Å². The summed E-state index contributed by atoms with van der Waals surface area (Å²) in [6.07, 6.45) is -1.22. The van der Waals surface area contributed by atoms with E-state index in [0.29, 0.717) is 11.0 Å². The van der Waals surface area contributed by atoms with E-state index < -0.39 is 27.1 Å². The van der Waals surface area contributed by atoms with Gasteiger partial charge in [-0.1, -0.05) is 0 Å². The van der Waals surface area contributed by atoms with Gasteiger partial charge in [-0.15, -0.1) is 0 Å². The Labute approximate surface area is 95.4 Å². The fourth-order valence-electron chi connectivity index (χ4n) is 0.694. The predicted molar refractivity (Wildman–Crippen MR) is 55.5 cm³/mol. The summed E-state index contributed by atoms with van der Waals surface area (Å²) in [6.45, 7) is -0.530. The summed E-state index contributed by atoms with van der Waals surface area (Å²) >= 11 is 0. The molecule has 8 heteroatoms. The lowest BCUT2D eigenvalue weighted by molar-refractivity contribution is -0.870. The molecule has 0 aliphatic rings. The van der Waals surface area contributed by atoms with Crippen LogP contribution in [0.3, 0.4) is 0 Å². The van der Waals surface area contributed by atoms with Gasteiger partial charge in [0, 0.05) is 0 Å². The first-order chi connectivity index (χ1) is 7.16. The van der Waals surface area contributed by atoms with Gasteiger partial charge in [-0.25, -0.2) is 0 Å². The number of hydrogen-bond donors (Lipinski definition) is 2. The van der Waals surface area contributed by atoms with Gasteiger partial charge in [0.1, 0.15) is 19.3 Å². The number of rotatable bonds is 8. The van der Waals surface area contributed by atoms with E-state index >= 15 is 0 Å². The molecule has 0 saturated carbocycles. The molecule has 0 bridgehead atoms. The van der Waals surface area contributed by atoms with Crippen LogP contribution in [0, 0.1) is 0 Å². The number of likely N-dealkylation sites (N-methyl/N-ethyl adjacent to an activating group) is 1. The van der Waals surface area contributed by atoms with E-state index in [0.717, 1.165) is 0 Å². The molecule has 0 fully saturated rings. The van der Waals surface area contributed by atoms with Gasteiger partial charge in [0.05, 0.1) is 34.4 Å². The molecule has 0 aliphatic carbocycles. The summed E-state index contributed by atoms with van der Waals surface area (Å²) < 4.78 is 20.6. The van der Waals surface area contributed by atoms with Crippen molar-refractivity contribution >= 4 is 7.82 Å². The van der Waals surface area contributed by atoms with Crippen molar-refractivity contribution in [2.45, 2.75) is 6.10 Å². The van der Waals surface area contributed by atoms with Crippen molar-refractivity contribution in [3.8, 4) is 0 Å². The Bertz CT molecular complexity index is 241. The minimum Gasteiger partial charge on any atom is -0.756 e. The summed E-state index contributed by atoms with van der Waals surface area (Å²) in [5.74, 6) is 0. The number of phosphoric acid groups is 1. The van der Waals surface area contributed by atoms with Crippen molar-refractivity contribution < 1.29 is 33.2 Å². The Hall–Kier alpha value is -0.0100. The highest BCUT2D eigenvalue weighted by molar-refractivity contribution is 7.45.